The summed E-state index contributed by atoms with van der Waals surface area (Å²) < 4.78 is 7.60. The number of ether oxygens (including phenoxy) is 1. The van der Waals surface area contributed by atoms with E-state index in [1.165, 1.54) is 0 Å². The number of carbonyl (C=O) groups is 2. The summed E-state index contributed by atoms with van der Waals surface area (Å²) in [5.74, 6) is -0.239. The molecule has 1 amide bonds. The number of carbonyl (C=O) groups excluding carboxylic acids is 2. The highest BCUT2D eigenvalue weighted by molar-refractivity contribution is 6.31. The summed E-state index contributed by atoms with van der Waals surface area (Å²) in [6, 6.07) is 15.2. The van der Waals surface area contributed by atoms with Gasteiger partial charge in [0.15, 0.2) is 11.9 Å². The molecule has 0 aliphatic carbocycles. The first-order valence-corrected chi connectivity index (χ1v) is 10.4. The molecule has 3 atom stereocenters. The summed E-state index contributed by atoms with van der Waals surface area (Å²) in [5.41, 5.74) is 2.71. The molecule has 0 radical (unpaired) electrons. The number of likely N-dealkylation sites (tertiary alicyclic amines) is 1. The highest BCUT2D eigenvalue weighted by atomic mass is 35.5. The quantitative estimate of drug-likeness (QED) is 0.567. The first kappa shape index (κ1) is 20.4. The number of rotatable bonds is 5. The average molecular weight is 426 g/mol. The largest absolute Gasteiger partial charge is 0.454 e. The summed E-state index contributed by atoms with van der Waals surface area (Å²) in [6.45, 7) is 4.13. The second-order valence-corrected chi connectivity index (χ2v) is 8.21. The molecule has 0 N–H and O–H groups in total. The molecule has 0 saturated carbocycles. The molecule has 156 valence electrons. The van der Waals surface area contributed by atoms with E-state index in [0.29, 0.717) is 17.4 Å². The molecule has 1 aliphatic heterocycles. The van der Waals surface area contributed by atoms with Crippen LogP contribution >= 0.6 is 11.6 Å². The number of benzene rings is 2. The van der Waals surface area contributed by atoms with Gasteiger partial charge in [-0.1, -0.05) is 41.9 Å². The van der Waals surface area contributed by atoms with Gasteiger partial charge < -0.3 is 14.2 Å². The van der Waals surface area contributed by atoms with E-state index in [2.05, 4.69) is 4.98 Å². The Labute approximate surface area is 180 Å². The van der Waals surface area contributed by atoms with Gasteiger partial charge in [-0.15, -0.1) is 0 Å². The van der Waals surface area contributed by atoms with Gasteiger partial charge in [0, 0.05) is 25.0 Å². The van der Waals surface area contributed by atoms with Crippen LogP contribution in [0, 0.1) is 5.92 Å². The molecule has 2 aromatic carbocycles. The molecular formula is C23H24ClN3O3. The zero-order valence-electron chi connectivity index (χ0n) is 17.2. The number of imidazole rings is 1. The van der Waals surface area contributed by atoms with Crippen LogP contribution in [0.25, 0.3) is 11.0 Å². The summed E-state index contributed by atoms with van der Waals surface area (Å²) in [7, 11) is 1.88. The average Bonchev–Trinajstić information content (AvgIpc) is 3.28. The Bertz CT molecular complexity index is 1100. The van der Waals surface area contributed by atoms with Crippen molar-refractivity contribution in [2.75, 3.05) is 6.54 Å². The van der Waals surface area contributed by atoms with Crippen molar-refractivity contribution in [1.29, 1.82) is 0 Å². The zero-order chi connectivity index (χ0) is 21.4. The molecule has 1 aromatic heterocycles. The van der Waals surface area contributed by atoms with E-state index in [1.54, 1.807) is 24.0 Å². The SMILES string of the molecule is CC(OC(=O)C1CC(=O)N(C(C)c2ccccc2)C1)c1nc2cc(Cl)ccc2n1C. The van der Waals surface area contributed by atoms with E-state index >= 15 is 0 Å². The maximum Gasteiger partial charge on any atom is 0.311 e. The lowest BCUT2D eigenvalue weighted by Crippen LogP contribution is -2.30. The fraction of sp³-hybridized carbons (Fsp3) is 0.348. The highest BCUT2D eigenvalue weighted by Gasteiger charge is 2.38. The molecular weight excluding hydrogens is 402 g/mol. The van der Waals surface area contributed by atoms with E-state index < -0.39 is 12.0 Å². The third kappa shape index (κ3) is 3.79. The van der Waals surface area contributed by atoms with Gasteiger partial charge in [0.05, 0.1) is 23.0 Å². The number of esters is 1. The monoisotopic (exact) mass is 425 g/mol. The van der Waals surface area contributed by atoms with Gasteiger partial charge in [-0.25, -0.2) is 4.98 Å². The Balaban J connectivity index is 1.45. The molecule has 6 nitrogen and oxygen atoms in total. The Morgan fingerprint density at radius 2 is 1.93 bits per heavy atom. The number of nitrogens with zero attached hydrogens (tertiary/aromatic N) is 3. The normalized spacial score (nSPS) is 18.6. The van der Waals surface area contributed by atoms with E-state index in [9.17, 15) is 9.59 Å². The minimum Gasteiger partial charge on any atom is -0.454 e. The number of aromatic nitrogens is 2. The number of amides is 1. The first-order chi connectivity index (χ1) is 14.3. The van der Waals surface area contributed by atoms with Gasteiger partial charge in [0.1, 0.15) is 0 Å². The number of hydrogen-bond acceptors (Lipinski definition) is 4. The Kier molecular flexibility index (Phi) is 5.52. The third-order valence-electron chi connectivity index (χ3n) is 5.78. The van der Waals surface area contributed by atoms with Crippen LogP contribution in [0.15, 0.2) is 48.5 Å². The Hall–Kier alpha value is -2.86. The molecule has 0 bridgehead atoms. The van der Waals surface area contributed by atoms with Crippen LogP contribution in [0.4, 0.5) is 0 Å². The van der Waals surface area contributed by atoms with Gasteiger partial charge in [-0.3, -0.25) is 9.59 Å². The van der Waals surface area contributed by atoms with Crippen LogP contribution in [0.5, 0.6) is 0 Å². The molecule has 3 unspecified atom stereocenters. The second kappa shape index (κ2) is 8.11. The number of halogens is 1. The van der Waals surface area contributed by atoms with E-state index in [4.69, 9.17) is 16.3 Å². The topological polar surface area (TPSA) is 64.4 Å². The second-order valence-electron chi connectivity index (χ2n) is 7.77. The van der Waals surface area contributed by atoms with Crippen LogP contribution in [0.2, 0.25) is 5.02 Å². The van der Waals surface area contributed by atoms with Crippen molar-refractivity contribution in [3.8, 4) is 0 Å². The van der Waals surface area contributed by atoms with Crippen molar-refractivity contribution in [2.24, 2.45) is 13.0 Å². The molecule has 1 saturated heterocycles. The van der Waals surface area contributed by atoms with Gasteiger partial charge >= 0.3 is 5.97 Å². The van der Waals surface area contributed by atoms with Crippen LogP contribution < -0.4 is 0 Å². The molecule has 2 heterocycles. The van der Waals surface area contributed by atoms with Crippen molar-refractivity contribution < 1.29 is 14.3 Å². The molecule has 0 spiro atoms. The molecule has 1 fully saturated rings. The summed E-state index contributed by atoms with van der Waals surface area (Å²) >= 11 is 6.06. The van der Waals surface area contributed by atoms with Crippen molar-refractivity contribution in [3.63, 3.8) is 0 Å². The summed E-state index contributed by atoms with van der Waals surface area (Å²) in [5, 5.41) is 0.605. The van der Waals surface area contributed by atoms with Crippen LogP contribution in [-0.2, 0) is 21.4 Å². The highest BCUT2D eigenvalue weighted by Crippen LogP contribution is 2.31. The summed E-state index contributed by atoms with van der Waals surface area (Å²) in [6.07, 6.45) is -0.370. The Morgan fingerprint density at radius 1 is 1.20 bits per heavy atom. The van der Waals surface area contributed by atoms with Crippen LogP contribution in [0.1, 0.15) is 43.8 Å². The minimum atomic E-state index is -0.538. The van der Waals surface area contributed by atoms with Gasteiger partial charge in [0.2, 0.25) is 5.91 Å². The van der Waals surface area contributed by atoms with Crippen LogP contribution in [-0.4, -0.2) is 32.9 Å². The van der Waals surface area contributed by atoms with Gasteiger partial charge in [0.25, 0.3) is 0 Å². The predicted octanol–water partition coefficient (Wildman–Crippen LogP) is 4.44. The van der Waals surface area contributed by atoms with Crippen molar-refractivity contribution >= 4 is 34.5 Å². The lowest BCUT2D eigenvalue weighted by molar-refractivity contribution is -0.153. The molecule has 7 heteroatoms. The fourth-order valence-corrected chi connectivity index (χ4v) is 4.22. The van der Waals surface area contributed by atoms with Crippen molar-refractivity contribution in [2.45, 2.75) is 32.4 Å². The van der Waals surface area contributed by atoms with E-state index in [-0.39, 0.29) is 24.3 Å². The molecule has 3 aromatic rings. The van der Waals surface area contributed by atoms with Crippen LogP contribution in [0.3, 0.4) is 0 Å². The number of hydrogen-bond donors (Lipinski definition) is 0. The maximum absolute atomic E-state index is 12.8. The summed E-state index contributed by atoms with van der Waals surface area (Å²) in [4.78, 5) is 31.7. The Morgan fingerprint density at radius 3 is 2.67 bits per heavy atom. The van der Waals surface area contributed by atoms with Crippen molar-refractivity contribution in [1.82, 2.24) is 14.5 Å². The van der Waals surface area contributed by atoms with E-state index in [0.717, 1.165) is 16.6 Å². The molecule has 30 heavy (non-hydrogen) atoms. The lowest BCUT2D eigenvalue weighted by atomic mass is 10.1. The molecule has 1 aliphatic rings. The standard InChI is InChI=1S/C23H24ClN3O3/c1-14(16-7-5-4-6-8-16)27-13-17(11-21(27)28)23(29)30-15(2)22-25-19-12-18(24)9-10-20(19)26(22)3/h4-10,12,14-15,17H,11,13H2,1-3H3. The maximum atomic E-state index is 12.8. The fourth-order valence-electron chi connectivity index (χ4n) is 4.05. The third-order valence-corrected chi connectivity index (χ3v) is 6.01. The van der Waals surface area contributed by atoms with Gasteiger partial charge in [-0.05, 0) is 37.6 Å². The van der Waals surface area contributed by atoms with Gasteiger partial charge in [-0.2, -0.15) is 0 Å². The van der Waals surface area contributed by atoms with E-state index in [1.807, 2.05) is 54.9 Å². The number of aryl methyl sites for hydroxylation is 1. The molecule has 4 rings (SSSR count). The van der Waals surface area contributed by atoms with Crippen molar-refractivity contribution in [3.05, 3.63) is 64.9 Å². The minimum absolute atomic E-state index is 0.0293. The zero-order valence-corrected chi connectivity index (χ0v) is 18.0. The smallest absolute Gasteiger partial charge is 0.311 e. The lowest BCUT2D eigenvalue weighted by Gasteiger charge is -2.25. The number of fused-ring (bicyclic) bond motifs is 1. The predicted molar refractivity (Wildman–Crippen MR) is 115 cm³/mol. The first-order valence-electron chi connectivity index (χ1n) is 10.0.